The Hall–Kier alpha value is -2.57. The zero-order valence-corrected chi connectivity index (χ0v) is 17.8. The molecule has 0 saturated heterocycles. The zero-order valence-electron chi connectivity index (χ0n) is 16.3. The first-order valence-electron chi connectivity index (χ1n) is 9.22. The number of carbonyl (C=O) groups is 1. The quantitative estimate of drug-likeness (QED) is 0.361. The van der Waals surface area contributed by atoms with Gasteiger partial charge in [0, 0.05) is 21.2 Å². The van der Waals surface area contributed by atoms with E-state index in [9.17, 15) is 10.0 Å². The second-order valence-corrected chi connectivity index (χ2v) is 8.06. The maximum Gasteiger partial charge on any atom is 0.310 e. The molecule has 152 valence electrons. The van der Waals surface area contributed by atoms with Crippen LogP contribution >= 0.6 is 22.9 Å². The Morgan fingerprint density at radius 3 is 2.69 bits per heavy atom. The summed E-state index contributed by atoms with van der Waals surface area (Å²) in [5.74, 6) is 0.492. The van der Waals surface area contributed by atoms with Crippen molar-refractivity contribution >= 4 is 34.6 Å². The molecule has 7 heteroatoms. The van der Waals surface area contributed by atoms with Crippen LogP contribution < -0.4 is 0 Å². The molecule has 1 aliphatic rings. The molecule has 0 radical (unpaired) electrons. The maximum atomic E-state index is 12.1. The largest absolute Gasteiger partial charge is 0.501 e. The molecule has 3 rings (SSSR count). The Balaban J connectivity index is 1.93. The summed E-state index contributed by atoms with van der Waals surface area (Å²) in [6.07, 6.45) is 5.04. The van der Waals surface area contributed by atoms with E-state index < -0.39 is 0 Å². The van der Waals surface area contributed by atoms with E-state index in [1.165, 1.54) is 0 Å². The SMILES string of the molecule is CCOC(=O)Cc1cc(CC2=CC=C(OC)CC2=NO)sc1-c1ccc(Cl)cc1. The summed E-state index contributed by atoms with van der Waals surface area (Å²) in [5.41, 5.74) is 3.41. The number of benzene rings is 1. The normalized spacial score (nSPS) is 15.1. The number of hydrogen-bond donors (Lipinski definition) is 1. The number of ether oxygens (including phenoxy) is 2. The lowest BCUT2D eigenvalue weighted by atomic mass is 9.97. The molecule has 29 heavy (non-hydrogen) atoms. The van der Waals surface area contributed by atoms with Crippen molar-refractivity contribution in [3.63, 3.8) is 0 Å². The van der Waals surface area contributed by atoms with Crippen molar-refractivity contribution < 1.29 is 19.5 Å². The third kappa shape index (κ3) is 5.28. The summed E-state index contributed by atoms with van der Waals surface area (Å²) in [4.78, 5) is 14.2. The number of thiophene rings is 1. The van der Waals surface area contributed by atoms with Crippen LogP contribution in [0.2, 0.25) is 5.02 Å². The van der Waals surface area contributed by atoms with E-state index in [1.54, 1.807) is 25.4 Å². The van der Waals surface area contributed by atoms with Crippen molar-refractivity contribution in [1.29, 1.82) is 0 Å². The lowest BCUT2D eigenvalue weighted by Gasteiger charge is -2.14. The van der Waals surface area contributed by atoms with E-state index in [0.29, 0.717) is 30.2 Å². The van der Waals surface area contributed by atoms with Gasteiger partial charge in [0.15, 0.2) is 0 Å². The van der Waals surface area contributed by atoms with Gasteiger partial charge in [-0.05, 0) is 47.9 Å². The molecule has 0 aliphatic heterocycles. The van der Waals surface area contributed by atoms with Crippen LogP contribution in [0.15, 0.2) is 59.0 Å². The van der Waals surface area contributed by atoms with Gasteiger partial charge in [-0.1, -0.05) is 35.0 Å². The molecule has 0 unspecified atom stereocenters. The number of hydrogen-bond acceptors (Lipinski definition) is 6. The monoisotopic (exact) mass is 431 g/mol. The Morgan fingerprint density at radius 1 is 1.28 bits per heavy atom. The molecule has 1 aromatic carbocycles. The number of esters is 1. The number of rotatable bonds is 7. The minimum atomic E-state index is -0.255. The molecule has 1 heterocycles. The van der Waals surface area contributed by atoms with Crippen LogP contribution in [0.1, 0.15) is 23.8 Å². The van der Waals surface area contributed by atoms with Gasteiger partial charge in [-0.3, -0.25) is 4.79 Å². The van der Waals surface area contributed by atoms with Crippen molar-refractivity contribution in [3.05, 3.63) is 69.3 Å². The second kappa shape index (κ2) is 9.76. The first-order valence-corrected chi connectivity index (χ1v) is 10.4. The van der Waals surface area contributed by atoms with Crippen LogP contribution in [0.25, 0.3) is 10.4 Å². The molecule has 1 aliphatic carbocycles. The van der Waals surface area contributed by atoms with Crippen molar-refractivity contribution in [2.75, 3.05) is 13.7 Å². The van der Waals surface area contributed by atoms with Gasteiger partial charge in [0.05, 0.1) is 32.3 Å². The number of carbonyl (C=O) groups excluding carboxylic acids is 1. The highest BCUT2D eigenvalue weighted by Crippen LogP contribution is 2.36. The molecule has 1 N–H and O–H groups in total. The Labute approximate surface area is 178 Å². The van der Waals surface area contributed by atoms with Crippen molar-refractivity contribution in [3.8, 4) is 10.4 Å². The summed E-state index contributed by atoms with van der Waals surface area (Å²) in [5, 5.41) is 13.5. The third-order valence-corrected chi connectivity index (χ3v) is 6.02. The van der Waals surface area contributed by atoms with Gasteiger partial charge < -0.3 is 14.7 Å². The highest BCUT2D eigenvalue weighted by atomic mass is 35.5. The molecule has 0 atom stereocenters. The summed E-state index contributed by atoms with van der Waals surface area (Å²) in [7, 11) is 1.60. The summed E-state index contributed by atoms with van der Waals surface area (Å²) < 4.78 is 10.4. The topological polar surface area (TPSA) is 68.1 Å². The summed E-state index contributed by atoms with van der Waals surface area (Å²) in [6, 6.07) is 9.58. The average molecular weight is 432 g/mol. The number of nitrogens with zero attached hydrogens (tertiary/aromatic N) is 1. The summed E-state index contributed by atoms with van der Waals surface area (Å²) >= 11 is 7.63. The van der Waals surface area contributed by atoms with Crippen LogP contribution in [-0.2, 0) is 27.1 Å². The average Bonchev–Trinajstić information content (AvgIpc) is 3.11. The van der Waals surface area contributed by atoms with E-state index in [-0.39, 0.29) is 12.4 Å². The van der Waals surface area contributed by atoms with E-state index in [0.717, 1.165) is 32.2 Å². The first kappa shape index (κ1) is 21.1. The smallest absolute Gasteiger partial charge is 0.310 e. The first-order chi connectivity index (χ1) is 14.0. The van der Waals surface area contributed by atoms with Gasteiger partial charge in [-0.15, -0.1) is 11.3 Å². The van der Waals surface area contributed by atoms with Gasteiger partial charge in [-0.25, -0.2) is 0 Å². The van der Waals surface area contributed by atoms with Crippen LogP contribution in [0.4, 0.5) is 0 Å². The standard InChI is InChI=1S/C22H22ClNO4S/c1-3-28-21(25)12-16-11-19(29-22(16)14-4-7-17(23)8-5-14)10-15-6-9-18(27-2)13-20(15)24-26/h4-9,11,26H,3,10,12-13H2,1-2H3. The minimum absolute atomic E-state index is 0.204. The summed E-state index contributed by atoms with van der Waals surface area (Å²) in [6.45, 7) is 2.15. The highest BCUT2D eigenvalue weighted by Gasteiger charge is 2.19. The molecule has 1 aromatic heterocycles. The van der Waals surface area contributed by atoms with Gasteiger partial charge in [-0.2, -0.15) is 0 Å². The van der Waals surface area contributed by atoms with E-state index in [2.05, 4.69) is 5.16 Å². The lowest BCUT2D eigenvalue weighted by Crippen LogP contribution is -2.11. The zero-order chi connectivity index (χ0) is 20.8. The van der Waals surface area contributed by atoms with E-state index in [1.807, 2.05) is 42.5 Å². The number of halogens is 1. The van der Waals surface area contributed by atoms with E-state index in [4.69, 9.17) is 21.1 Å². The fourth-order valence-electron chi connectivity index (χ4n) is 3.13. The number of allylic oxidation sites excluding steroid dienone is 4. The molecule has 0 fully saturated rings. The highest BCUT2D eigenvalue weighted by molar-refractivity contribution is 7.15. The predicted molar refractivity (Wildman–Crippen MR) is 116 cm³/mol. The van der Waals surface area contributed by atoms with Crippen LogP contribution in [-0.4, -0.2) is 30.6 Å². The minimum Gasteiger partial charge on any atom is -0.501 e. The van der Waals surface area contributed by atoms with Crippen molar-refractivity contribution in [2.45, 2.75) is 26.2 Å². The van der Waals surface area contributed by atoms with Gasteiger partial charge in [0.2, 0.25) is 0 Å². The fourth-order valence-corrected chi connectivity index (χ4v) is 4.47. The van der Waals surface area contributed by atoms with Crippen LogP contribution in [0, 0.1) is 0 Å². The van der Waals surface area contributed by atoms with Gasteiger partial charge >= 0.3 is 5.97 Å². The fraction of sp³-hybridized carbons (Fsp3) is 0.273. The lowest BCUT2D eigenvalue weighted by molar-refractivity contribution is -0.142. The number of oxime groups is 1. The van der Waals surface area contributed by atoms with Gasteiger partial charge in [0.25, 0.3) is 0 Å². The second-order valence-electron chi connectivity index (χ2n) is 6.49. The molecule has 0 amide bonds. The van der Waals surface area contributed by atoms with Crippen molar-refractivity contribution in [1.82, 2.24) is 0 Å². The molecule has 0 saturated carbocycles. The van der Waals surface area contributed by atoms with Crippen LogP contribution in [0.5, 0.6) is 0 Å². The van der Waals surface area contributed by atoms with Gasteiger partial charge in [0.1, 0.15) is 5.76 Å². The predicted octanol–water partition coefficient (Wildman–Crippen LogP) is 5.41. The third-order valence-electron chi connectivity index (χ3n) is 4.54. The Morgan fingerprint density at radius 2 is 2.03 bits per heavy atom. The van der Waals surface area contributed by atoms with E-state index >= 15 is 0 Å². The Kier molecular flexibility index (Phi) is 7.12. The van der Waals surface area contributed by atoms with Crippen molar-refractivity contribution in [2.24, 2.45) is 5.16 Å². The molecule has 0 spiro atoms. The maximum absolute atomic E-state index is 12.1. The Bertz CT molecular complexity index is 973. The molecular formula is C22H22ClNO4S. The van der Waals surface area contributed by atoms with Crippen LogP contribution in [0.3, 0.4) is 0 Å². The number of methoxy groups -OCH3 is 1. The molecular weight excluding hydrogens is 410 g/mol. The molecule has 2 aromatic rings. The molecule has 0 bridgehead atoms. The molecule has 5 nitrogen and oxygen atoms in total.